The second-order valence-electron chi connectivity index (χ2n) is 6.24. The van der Waals surface area contributed by atoms with Gasteiger partial charge in [0.2, 0.25) is 0 Å². The first-order valence-corrected chi connectivity index (χ1v) is 6.12. The summed E-state index contributed by atoms with van der Waals surface area (Å²) in [7, 11) is 4.18. The lowest BCUT2D eigenvalue weighted by Gasteiger charge is -2.34. The number of ether oxygens (including phenoxy) is 1. The maximum Gasteiger partial charge on any atom is 0.168 e. The van der Waals surface area contributed by atoms with E-state index >= 15 is 0 Å². The fraction of sp³-hybridized carbons (Fsp3) is 0.571. The molecule has 5 rings (SSSR count). The van der Waals surface area contributed by atoms with Crippen LogP contribution in [-0.2, 0) is 5.41 Å². The number of nitrogens with zero attached hydrogens (tertiary/aromatic N) is 1. The maximum atomic E-state index is 5.36. The monoisotopic (exact) mass is 216 g/mol. The molecular formula is C14H18NO+. The van der Waals surface area contributed by atoms with Crippen molar-refractivity contribution in [1.29, 1.82) is 0 Å². The third kappa shape index (κ3) is 0.777. The summed E-state index contributed by atoms with van der Waals surface area (Å²) in [6.45, 7) is 3.75. The Balaban J connectivity index is 1.95. The van der Waals surface area contributed by atoms with Crippen LogP contribution >= 0.6 is 0 Å². The molecule has 2 heteroatoms. The van der Waals surface area contributed by atoms with Crippen LogP contribution in [0.15, 0.2) is 18.2 Å². The average molecular weight is 216 g/mol. The molecule has 0 N–H and O–H groups in total. The largest absolute Gasteiger partial charge is 0.497 e. The molecule has 0 saturated carbocycles. The lowest BCUT2D eigenvalue weighted by molar-refractivity contribution is -0.802. The van der Waals surface area contributed by atoms with Crippen LogP contribution in [0.2, 0.25) is 0 Å². The second-order valence-corrected chi connectivity index (χ2v) is 6.24. The number of quaternary nitrogens is 1. The van der Waals surface area contributed by atoms with Gasteiger partial charge in [-0.1, -0.05) is 0 Å². The van der Waals surface area contributed by atoms with Gasteiger partial charge in [0, 0.05) is 17.4 Å². The standard InChI is InChI=1S/C14H18NO/c1-14-7-12-13(15(12,2)8-14)10-5-4-9(16-3)6-11(10)14/h4-6,12-13H,7-8H2,1-3H3/q+1/t12-,13+,14-,15?/m0/s1. The summed E-state index contributed by atoms with van der Waals surface area (Å²) in [5, 5.41) is 0. The van der Waals surface area contributed by atoms with Gasteiger partial charge < -0.3 is 9.22 Å². The molecule has 3 heterocycles. The molecule has 1 aliphatic carbocycles. The Morgan fingerprint density at radius 2 is 2.25 bits per heavy atom. The summed E-state index contributed by atoms with van der Waals surface area (Å²) in [5.41, 5.74) is 3.55. The Bertz CT molecular complexity index is 498. The zero-order valence-electron chi connectivity index (χ0n) is 10.2. The summed E-state index contributed by atoms with van der Waals surface area (Å²) in [5.74, 6) is 1.01. The van der Waals surface area contributed by atoms with Crippen molar-refractivity contribution in [2.45, 2.75) is 30.8 Å². The number of hydrogen-bond acceptors (Lipinski definition) is 1. The molecule has 1 aromatic carbocycles. The first kappa shape index (κ1) is 9.06. The van der Waals surface area contributed by atoms with Crippen molar-refractivity contribution in [1.82, 2.24) is 0 Å². The van der Waals surface area contributed by atoms with Crippen molar-refractivity contribution < 1.29 is 9.22 Å². The van der Waals surface area contributed by atoms with E-state index in [0.717, 1.165) is 17.8 Å². The summed E-state index contributed by atoms with van der Waals surface area (Å²) in [6.07, 6.45) is 1.37. The third-order valence-corrected chi connectivity index (χ3v) is 5.25. The predicted molar refractivity (Wildman–Crippen MR) is 62.5 cm³/mol. The van der Waals surface area contributed by atoms with Gasteiger partial charge in [-0.05, 0) is 30.7 Å². The SMILES string of the molecule is COc1ccc2c(c1)[C@@]1(C)C[C@H]3[C@@H]2[N+]3(C)C1. The van der Waals surface area contributed by atoms with Crippen LogP contribution < -0.4 is 4.74 Å². The van der Waals surface area contributed by atoms with Gasteiger partial charge in [0.05, 0.1) is 20.7 Å². The van der Waals surface area contributed by atoms with E-state index in [-0.39, 0.29) is 0 Å². The molecule has 1 unspecified atom stereocenters. The minimum atomic E-state index is 0.401. The molecule has 0 spiro atoms. The highest BCUT2D eigenvalue weighted by atomic mass is 16.5. The van der Waals surface area contributed by atoms with Crippen LogP contribution in [0.4, 0.5) is 0 Å². The lowest BCUT2D eigenvalue weighted by atomic mass is 9.71. The summed E-state index contributed by atoms with van der Waals surface area (Å²) < 4.78 is 6.66. The highest BCUT2D eigenvalue weighted by Gasteiger charge is 2.76. The number of piperidine rings is 1. The molecule has 4 bridgehead atoms. The van der Waals surface area contributed by atoms with Gasteiger partial charge in [-0.25, -0.2) is 0 Å². The molecule has 2 fully saturated rings. The number of benzene rings is 1. The molecule has 1 aromatic rings. The molecule has 4 atom stereocenters. The number of likely N-dealkylation sites (N-methyl/N-ethyl adjacent to an activating group) is 1. The van der Waals surface area contributed by atoms with E-state index in [1.54, 1.807) is 18.2 Å². The van der Waals surface area contributed by atoms with Gasteiger partial charge in [0.1, 0.15) is 11.8 Å². The minimum Gasteiger partial charge on any atom is -0.497 e. The molecule has 84 valence electrons. The Morgan fingerprint density at radius 1 is 1.44 bits per heavy atom. The Kier molecular flexibility index (Phi) is 1.30. The van der Waals surface area contributed by atoms with Crippen molar-refractivity contribution in [3.63, 3.8) is 0 Å². The molecule has 0 aromatic heterocycles. The van der Waals surface area contributed by atoms with Crippen LogP contribution in [-0.4, -0.2) is 31.2 Å². The van der Waals surface area contributed by atoms with Gasteiger partial charge in [-0.3, -0.25) is 0 Å². The van der Waals surface area contributed by atoms with E-state index in [1.807, 2.05) is 0 Å². The molecular weight excluding hydrogens is 198 g/mol. The van der Waals surface area contributed by atoms with Crippen LogP contribution in [0.3, 0.4) is 0 Å². The maximum absolute atomic E-state index is 5.36. The third-order valence-electron chi connectivity index (χ3n) is 5.25. The Hall–Kier alpha value is -1.02. The van der Waals surface area contributed by atoms with Crippen LogP contribution in [0.5, 0.6) is 5.75 Å². The second kappa shape index (κ2) is 2.30. The highest BCUT2D eigenvalue weighted by Crippen LogP contribution is 2.68. The summed E-state index contributed by atoms with van der Waals surface area (Å²) >= 11 is 0. The van der Waals surface area contributed by atoms with E-state index < -0.39 is 0 Å². The summed E-state index contributed by atoms with van der Waals surface area (Å²) in [4.78, 5) is 0. The smallest absolute Gasteiger partial charge is 0.168 e. The normalized spacial score (nSPS) is 46.4. The minimum absolute atomic E-state index is 0.401. The first-order chi connectivity index (χ1) is 7.58. The first-order valence-electron chi connectivity index (χ1n) is 6.12. The molecule has 3 aliphatic heterocycles. The quantitative estimate of drug-likeness (QED) is 0.517. The van der Waals surface area contributed by atoms with Crippen LogP contribution in [0, 0.1) is 0 Å². The average Bonchev–Trinajstić information content (AvgIpc) is 2.72. The number of hydrogen-bond donors (Lipinski definition) is 0. The van der Waals surface area contributed by atoms with Gasteiger partial charge in [0.25, 0.3) is 0 Å². The Morgan fingerprint density at radius 3 is 2.88 bits per heavy atom. The summed E-state index contributed by atoms with van der Waals surface area (Å²) in [6, 6.07) is 8.39. The van der Waals surface area contributed by atoms with Crippen molar-refractivity contribution in [3.05, 3.63) is 29.3 Å². The molecule has 2 nitrogen and oxygen atoms in total. The number of methoxy groups -OCH3 is 1. The zero-order valence-corrected chi connectivity index (χ0v) is 10.2. The van der Waals surface area contributed by atoms with Gasteiger partial charge in [0.15, 0.2) is 6.04 Å². The van der Waals surface area contributed by atoms with Crippen LogP contribution in [0.1, 0.15) is 30.5 Å². The molecule has 0 radical (unpaired) electrons. The molecule has 0 amide bonds. The topological polar surface area (TPSA) is 9.23 Å². The Labute approximate surface area is 96.4 Å². The van der Waals surface area contributed by atoms with E-state index in [0.29, 0.717) is 5.41 Å². The predicted octanol–water partition coefficient (Wildman–Crippen LogP) is 2.24. The van der Waals surface area contributed by atoms with E-state index in [9.17, 15) is 0 Å². The number of rotatable bonds is 1. The van der Waals surface area contributed by atoms with Crippen molar-refractivity contribution >= 4 is 0 Å². The van der Waals surface area contributed by atoms with Gasteiger partial charge >= 0.3 is 0 Å². The van der Waals surface area contributed by atoms with Gasteiger partial charge in [-0.15, -0.1) is 0 Å². The van der Waals surface area contributed by atoms with Crippen LogP contribution in [0.25, 0.3) is 0 Å². The lowest BCUT2D eigenvalue weighted by Crippen LogP contribution is -2.38. The molecule has 16 heavy (non-hydrogen) atoms. The van der Waals surface area contributed by atoms with Crippen molar-refractivity contribution in [2.75, 3.05) is 20.7 Å². The fourth-order valence-electron chi connectivity index (χ4n) is 4.55. The molecule has 2 saturated heterocycles. The zero-order chi connectivity index (χ0) is 11.1. The van der Waals surface area contributed by atoms with Gasteiger partial charge in [-0.2, -0.15) is 0 Å². The highest BCUT2D eigenvalue weighted by molar-refractivity contribution is 5.48. The van der Waals surface area contributed by atoms with E-state index in [2.05, 4.69) is 32.2 Å². The molecule has 4 aliphatic rings. The fourth-order valence-corrected chi connectivity index (χ4v) is 4.55. The van der Waals surface area contributed by atoms with E-state index in [1.165, 1.54) is 17.4 Å². The van der Waals surface area contributed by atoms with Crippen molar-refractivity contribution in [3.8, 4) is 5.75 Å². The van der Waals surface area contributed by atoms with Crippen molar-refractivity contribution in [2.24, 2.45) is 0 Å². The van der Waals surface area contributed by atoms with E-state index in [4.69, 9.17) is 4.74 Å².